The molecule has 0 amide bonds. The highest BCUT2D eigenvalue weighted by Crippen LogP contribution is 2.27. The molecule has 0 heterocycles. The number of rotatable bonds is 8. The predicted molar refractivity (Wildman–Crippen MR) is 107 cm³/mol. The van der Waals surface area contributed by atoms with E-state index < -0.39 is 11.6 Å². The molecule has 2 rings (SSSR count). The van der Waals surface area contributed by atoms with Crippen LogP contribution in [0.15, 0.2) is 41.4 Å². The van der Waals surface area contributed by atoms with Crippen LogP contribution in [0, 0.1) is 11.6 Å². The smallest absolute Gasteiger partial charge is 0.191 e. The third-order valence-electron chi connectivity index (χ3n) is 4.47. The number of nitrogens with zero attached hydrogens (tertiary/aromatic N) is 1. The van der Waals surface area contributed by atoms with Crippen molar-refractivity contribution in [1.29, 1.82) is 0 Å². The Kier molecular flexibility index (Phi) is 8.04. The zero-order valence-electron chi connectivity index (χ0n) is 16.7. The topological polar surface area (TPSA) is 54.9 Å². The molecular formula is C21H27F2N3O2. The quantitative estimate of drug-likeness (QED) is 0.534. The second-order valence-electron chi connectivity index (χ2n) is 6.39. The SMILES string of the molecule is CN=C(NCCc1ccc(OC)c(OC)c1)NCC(C)c1ccc(F)c(F)c1. The summed E-state index contributed by atoms with van der Waals surface area (Å²) in [7, 11) is 4.91. The first-order chi connectivity index (χ1) is 13.5. The standard InChI is InChI=1S/C21H27F2N3O2/c1-14(16-6-7-17(22)18(23)12-16)13-26-21(24-2)25-10-9-15-5-8-19(27-3)20(11-15)28-4/h5-8,11-12,14H,9-10,13H2,1-4H3,(H2,24,25,26). The van der Waals surface area contributed by atoms with Crippen LogP contribution >= 0.6 is 0 Å². The van der Waals surface area contributed by atoms with Crippen LogP contribution in [-0.4, -0.2) is 40.3 Å². The van der Waals surface area contributed by atoms with E-state index in [-0.39, 0.29) is 5.92 Å². The molecule has 28 heavy (non-hydrogen) atoms. The first-order valence-electron chi connectivity index (χ1n) is 9.08. The van der Waals surface area contributed by atoms with Gasteiger partial charge in [0.2, 0.25) is 0 Å². The van der Waals surface area contributed by atoms with Crippen molar-refractivity contribution >= 4 is 5.96 Å². The van der Waals surface area contributed by atoms with Gasteiger partial charge in [0.1, 0.15) is 0 Å². The van der Waals surface area contributed by atoms with Crippen LogP contribution in [0.3, 0.4) is 0 Å². The largest absolute Gasteiger partial charge is 0.493 e. The highest BCUT2D eigenvalue weighted by molar-refractivity contribution is 5.79. The van der Waals surface area contributed by atoms with E-state index in [4.69, 9.17) is 9.47 Å². The van der Waals surface area contributed by atoms with Crippen LogP contribution in [0.4, 0.5) is 8.78 Å². The molecule has 2 aromatic carbocycles. The Morgan fingerprint density at radius 3 is 2.39 bits per heavy atom. The summed E-state index contributed by atoms with van der Waals surface area (Å²) >= 11 is 0. The Bertz CT molecular complexity index is 812. The van der Waals surface area contributed by atoms with Crippen LogP contribution < -0.4 is 20.1 Å². The van der Waals surface area contributed by atoms with E-state index in [1.807, 2.05) is 25.1 Å². The summed E-state index contributed by atoms with van der Waals surface area (Å²) < 4.78 is 37.0. The highest BCUT2D eigenvalue weighted by Gasteiger charge is 2.10. The fourth-order valence-electron chi connectivity index (χ4n) is 2.77. The molecule has 0 spiro atoms. The molecule has 0 saturated heterocycles. The van der Waals surface area contributed by atoms with Gasteiger partial charge in [-0.05, 0) is 47.7 Å². The van der Waals surface area contributed by atoms with Crippen molar-refractivity contribution in [2.75, 3.05) is 34.4 Å². The van der Waals surface area contributed by atoms with Gasteiger partial charge >= 0.3 is 0 Å². The number of hydrogen-bond acceptors (Lipinski definition) is 3. The van der Waals surface area contributed by atoms with Gasteiger partial charge in [-0.3, -0.25) is 4.99 Å². The van der Waals surface area contributed by atoms with Crippen LogP contribution in [0.2, 0.25) is 0 Å². The number of guanidine groups is 1. The maximum absolute atomic E-state index is 13.4. The van der Waals surface area contributed by atoms with Gasteiger partial charge in [0, 0.05) is 20.1 Å². The van der Waals surface area contributed by atoms with Gasteiger partial charge in [-0.15, -0.1) is 0 Å². The molecule has 0 aliphatic heterocycles. The molecule has 0 aromatic heterocycles. The lowest BCUT2D eigenvalue weighted by Gasteiger charge is -2.17. The number of aliphatic imine (C=N–C) groups is 1. The number of ether oxygens (including phenoxy) is 2. The van der Waals surface area contributed by atoms with Crippen LogP contribution in [-0.2, 0) is 6.42 Å². The van der Waals surface area contributed by atoms with Crippen LogP contribution in [0.1, 0.15) is 24.0 Å². The summed E-state index contributed by atoms with van der Waals surface area (Å²) in [6, 6.07) is 9.79. The van der Waals surface area contributed by atoms with E-state index in [1.54, 1.807) is 27.3 Å². The van der Waals surface area contributed by atoms with Gasteiger partial charge in [0.15, 0.2) is 29.1 Å². The van der Waals surface area contributed by atoms with Crippen LogP contribution in [0.25, 0.3) is 0 Å². The van der Waals surface area contributed by atoms with Gasteiger partial charge in [-0.25, -0.2) is 8.78 Å². The molecule has 152 valence electrons. The van der Waals surface area contributed by atoms with E-state index in [1.165, 1.54) is 6.07 Å². The lowest BCUT2D eigenvalue weighted by Crippen LogP contribution is -2.39. The second kappa shape index (κ2) is 10.5. The Balaban J connectivity index is 1.83. The zero-order valence-corrected chi connectivity index (χ0v) is 16.7. The number of methoxy groups -OCH3 is 2. The van der Waals surface area contributed by atoms with Crippen molar-refractivity contribution in [3.8, 4) is 11.5 Å². The monoisotopic (exact) mass is 391 g/mol. The molecule has 5 nitrogen and oxygen atoms in total. The molecule has 0 aliphatic rings. The molecule has 1 atom stereocenters. The Morgan fingerprint density at radius 1 is 1.00 bits per heavy atom. The molecule has 0 saturated carbocycles. The fraction of sp³-hybridized carbons (Fsp3) is 0.381. The minimum absolute atomic E-state index is 0.000464. The second-order valence-corrected chi connectivity index (χ2v) is 6.39. The summed E-state index contributed by atoms with van der Waals surface area (Å²) in [5, 5.41) is 6.45. The lowest BCUT2D eigenvalue weighted by molar-refractivity contribution is 0.354. The third kappa shape index (κ3) is 5.84. The van der Waals surface area contributed by atoms with Crippen molar-refractivity contribution in [1.82, 2.24) is 10.6 Å². The van der Waals surface area contributed by atoms with Gasteiger partial charge in [0.25, 0.3) is 0 Å². The molecule has 0 aliphatic carbocycles. The number of halogens is 2. The van der Waals surface area contributed by atoms with E-state index in [2.05, 4.69) is 15.6 Å². The predicted octanol–water partition coefficient (Wildman–Crippen LogP) is 3.49. The molecule has 0 bridgehead atoms. The third-order valence-corrected chi connectivity index (χ3v) is 4.47. The summed E-state index contributed by atoms with van der Waals surface area (Å²) in [4.78, 5) is 4.19. The van der Waals surface area contributed by atoms with E-state index >= 15 is 0 Å². The molecule has 1 unspecified atom stereocenters. The summed E-state index contributed by atoms with van der Waals surface area (Å²) in [6.45, 7) is 3.16. The summed E-state index contributed by atoms with van der Waals surface area (Å²) in [5.74, 6) is 0.374. The normalized spacial score (nSPS) is 12.4. The summed E-state index contributed by atoms with van der Waals surface area (Å²) in [5.41, 5.74) is 1.84. The van der Waals surface area contributed by atoms with E-state index in [9.17, 15) is 8.78 Å². The lowest BCUT2D eigenvalue weighted by atomic mass is 10.0. The van der Waals surface area contributed by atoms with Crippen molar-refractivity contribution in [3.05, 3.63) is 59.2 Å². The van der Waals surface area contributed by atoms with Crippen LogP contribution in [0.5, 0.6) is 11.5 Å². The maximum atomic E-state index is 13.4. The van der Waals surface area contributed by atoms with Gasteiger partial charge in [0.05, 0.1) is 14.2 Å². The van der Waals surface area contributed by atoms with E-state index in [0.717, 1.165) is 23.6 Å². The summed E-state index contributed by atoms with van der Waals surface area (Å²) in [6.07, 6.45) is 0.778. The molecule has 0 fully saturated rings. The van der Waals surface area contributed by atoms with Gasteiger partial charge in [-0.2, -0.15) is 0 Å². The number of hydrogen-bond donors (Lipinski definition) is 2. The minimum atomic E-state index is -0.837. The minimum Gasteiger partial charge on any atom is -0.493 e. The Labute approximate surface area is 164 Å². The van der Waals surface area contributed by atoms with Crippen molar-refractivity contribution < 1.29 is 18.3 Å². The molecule has 7 heteroatoms. The Morgan fingerprint density at radius 2 is 1.75 bits per heavy atom. The maximum Gasteiger partial charge on any atom is 0.191 e. The molecule has 2 N–H and O–H groups in total. The molecule has 2 aromatic rings. The zero-order chi connectivity index (χ0) is 20.5. The van der Waals surface area contributed by atoms with E-state index in [0.29, 0.717) is 30.5 Å². The fourth-order valence-corrected chi connectivity index (χ4v) is 2.77. The average Bonchev–Trinajstić information content (AvgIpc) is 2.71. The van der Waals surface area contributed by atoms with Gasteiger partial charge in [-0.1, -0.05) is 19.1 Å². The number of nitrogens with one attached hydrogen (secondary N) is 2. The number of benzene rings is 2. The highest BCUT2D eigenvalue weighted by atomic mass is 19.2. The first-order valence-corrected chi connectivity index (χ1v) is 9.08. The van der Waals surface area contributed by atoms with Crippen molar-refractivity contribution in [3.63, 3.8) is 0 Å². The molecular weight excluding hydrogens is 364 g/mol. The molecule has 0 radical (unpaired) electrons. The first kappa shape index (κ1) is 21.5. The van der Waals surface area contributed by atoms with Crippen molar-refractivity contribution in [2.24, 2.45) is 4.99 Å². The van der Waals surface area contributed by atoms with Gasteiger partial charge < -0.3 is 20.1 Å². The average molecular weight is 391 g/mol. The van der Waals surface area contributed by atoms with Crippen molar-refractivity contribution in [2.45, 2.75) is 19.3 Å². The Hall–Kier alpha value is -2.83.